The molecule has 5 rings (SSSR count). The van der Waals surface area contributed by atoms with Crippen molar-refractivity contribution < 1.29 is 17.9 Å². The molecule has 0 spiro atoms. The molecular weight excluding hydrogens is 551 g/mol. The van der Waals surface area contributed by atoms with Crippen LogP contribution in [0.1, 0.15) is 55.2 Å². The molecule has 13 heteroatoms. The third kappa shape index (κ3) is 5.70. The number of rotatable bonds is 5. The molecular formula is C25H30Cl2N6O4S. The SMILES string of the molecule is C[C@@H]1CN(c2cc(Cl)nc3cc([C@@H]4CCCCN4C(=O)c4cc(Cl)ccc4NS(C)(=O)=O)nn23)C[C@H](C)O1. The van der Waals surface area contributed by atoms with Crippen LogP contribution in [-0.2, 0) is 14.8 Å². The van der Waals surface area contributed by atoms with Crippen molar-refractivity contribution in [2.45, 2.75) is 51.4 Å². The Labute approximate surface area is 231 Å². The summed E-state index contributed by atoms with van der Waals surface area (Å²) in [4.78, 5) is 22.3. The molecule has 204 valence electrons. The van der Waals surface area contributed by atoms with Crippen LogP contribution in [0.4, 0.5) is 11.5 Å². The number of piperidine rings is 1. The van der Waals surface area contributed by atoms with E-state index >= 15 is 0 Å². The molecule has 38 heavy (non-hydrogen) atoms. The van der Waals surface area contributed by atoms with E-state index in [4.69, 9.17) is 33.0 Å². The molecule has 1 amide bonds. The molecule has 3 atom stereocenters. The number of amides is 1. The molecule has 2 aliphatic heterocycles. The molecule has 0 aliphatic carbocycles. The van der Waals surface area contributed by atoms with Gasteiger partial charge < -0.3 is 14.5 Å². The van der Waals surface area contributed by atoms with E-state index in [2.05, 4.69) is 14.6 Å². The van der Waals surface area contributed by atoms with Crippen molar-refractivity contribution in [1.82, 2.24) is 19.5 Å². The number of halogens is 2. The third-order valence-electron chi connectivity index (χ3n) is 6.75. The first-order chi connectivity index (χ1) is 18.0. The molecule has 2 aromatic heterocycles. The van der Waals surface area contributed by atoms with Gasteiger partial charge in [0.2, 0.25) is 10.0 Å². The van der Waals surface area contributed by atoms with Gasteiger partial charge in [0.05, 0.1) is 41.5 Å². The van der Waals surface area contributed by atoms with Crippen LogP contribution in [-0.4, -0.2) is 71.9 Å². The van der Waals surface area contributed by atoms with Gasteiger partial charge in [-0.05, 0) is 51.3 Å². The molecule has 4 heterocycles. The maximum atomic E-state index is 13.8. The van der Waals surface area contributed by atoms with E-state index in [1.54, 1.807) is 21.5 Å². The summed E-state index contributed by atoms with van der Waals surface area (Å²) in [5.41, 5.74) is 1.67. The first-order valence-electron chi connectivity index (χ1n) is 12.5. The summed E-state index contributed by atoms with van der Waals surface area (Å²) in [6, 6.07) is 7.89. The number of morpholine rings is 1. The third-order valence-corrected chi connectivity index (χ3v) is 7.77. The first-order valence-corrected chi connectivity index (χ1v) is 15.2. The number of benzene rings is 1. The zero-order valence-electron chi connectivity index (χ0n) is 21.4. The molecule has 2 saturated heterocycles. The molecule has 0 saturated carbocycles. The molecule has 0 unspecified atom stereocenters. The Morgan fingerprint density at radius 2 is 1.84 bits per heavy atom. The molecule has 1 N–H and O–H groups in total. The monoisotopic (exact) mass is 580 g/mol. The second-order valence-corrected chi connectivity index (χ2v) is 12.6. The van der Waals surface area contributed by atoms with Crippen LogP contribution in [0.25, 0.3) is 5.65 Å². The van der Waals surface area contributed by atoms with E-state index in [0.717, 1.165) is 24.9 Å². The van der Waals surface area contributed by atoms with Crippen molar-refractivity contribution in [1.29, 1.82) is 0 Å². The highest BCUT2D eigenvalue weighted by Crippen LogP contribution is 2.35. The normalized spacial score (nSPS) is 22.6. The second-order valence-electron chi connectivity index (χ2n) is 10.0. The number of carbonyl (C=O) groups is 1. The fraction of sp³-hybridized carbons (Fsp3) is 0.480. The lowest BCUT2D eigenvalue weighted by Gasteiger charge is -2.36. The highest BCUT2D eigenvalue weighted by Gasteiger charge is 2.33. The zero-order valence-corrected chi connectivity index (χ0v) is 23.7. The van der Waals surface area contributed by atoms with Gasteiger partial charge in [0.15, 0.2) is 5.65 Å². The van der Waals surface area contributed by atoms with Gasteiger partial charge in [-0.25, -0.2) is 13.4 Å². The Hall–Kier alpha value is -2.60. The van der Waals surface area contributed by atoms with E-state index < -0.39 is 10.0 Å². The molecule has 0 bridgehead atoms. The van der Waals surface area contributed by atoms with Crippen molar-refractivity contribution in [3.05, 3.63) is 51.8 Å². The number of likely N-dealkylation sites (tertiary alicyclic amines) is 1. The highest BCUT2D eigenvalue weighted by molar-refractivity contribution is 7.92. The average Bonchev–Trinajstić information content (AvgIpc) is 3.26. The highest BCUT2D eigenvalue weighted by atomic mass is 35.5. The number of hydrogen-bond donors (Lipinski definition) is 1. The summed E-state index contributed by atoms with van der Waals surface area (Å²) in [6.45, 7) is 5.94. The largest absolute Gasteiger partial charge is 0.372 e. The fourth-order valence-corrected chi connectivity index (χ4v) is 6.25. The summed E-state index contributed by atoms with van der Waals surface area (Å²) in [5, 5.41) is 5.61. The molecule has 10 nitrogen and oxygen atoms in total. The number of sulfonamides is 1. The number of fused-ring (bicyclic) bond motifs is 1. The van der Waals surface area contributed by atoms with Gasteiger partial charge in [0.1, 0.15) is 11.0 Å². The number of anilines is 2. The summed E-state index contributed by atoms with van der Waals surface area (Å²) < 4.78 is 34.0. The van der Waals surface area contributed by atoms with Crippen LogP contribution >= 0.6 is 23.2 Å². The lowest BCUT2D eigenvalue weighted by molar-refractivity contribution is -0.00558. The molecule has 0 radical (unpaired) electrons. The Balaban J connectivity index is 1.52. The van der Waals surface area contributed by atoms with Crippen molar-refractivity contribution in [2.75, 3.05) is 35.5 Å². The maximum Gasteiger partial charge on any atom is 0.256 e. The van der Waals surface area contributed by atoms with Crippen molar-refractivity contribution >= 4 is 56.3 Å². The Kier molecular flexibility index (Phi) is 7.47. The minimum Gasteiger partial charge on any atom is -0.372 e. The van der Waals surface area contributed by atoms with Gasteiger partial charge in [0, 0.05) is 36.8 Å². The lowest BCUT2D eigenvalue weighted by Crippen LogP contribution is -2.46. The minimum atomic E-state index is -3.60. The van der Waals surface area contributed by atoms with Gasteiger partial charge in [0.25, 0.3) is 5.91 Å². The van der Waals surface area contributed by atoms with E-state index in [1.807, 2.05) is 19.9 Å². The molecule has 1 aromatic carbocycles. The number of carbonyl (C=O) groups excluding carboxylic acids is 1. The topological polar surface area (TPSA) is 109 Å². The van der Waals surface area contributed by atoms with Crippen molar-refractivity contribution in [2.24, 2.45) is 0 Å². The maximum absolute atomic E-state index is 13.8. The van der Waals surface area contributed by atoms with E-state index in [0.29, 0.717) is 47.6 Å². The predicted octanol–water partition coefficient (Wildman–Crippen LogP) is 4.39. The van der Waals surface area contributed by atoms with Gasteiger partial charge in [-0.3, -0.25) is 9.52 Å². The van der Waals surface area contributed by atoms with Crippen LogP contribution in [0.3, 0.4) is 0 Å². The van der Waals surface area contributed by atoms with E-state index in [1.165, 1.54) is 12.1 Å². The van der Waals surface area contributed by atoms with E-state index in [-0.39, 0.29) is 35.4 Å². The van der Waals surface area contributed by atoms with Gasteiger partial charge in [-0.1, -0.05) is 23.2 Å². The van der Waals surface area contributed by atoms with Crippen molar-refractivity contribution in [3.8, 4) is 0 Å². The molecule has 2 aliphatic rings. The molecule has 3 aromatic rings. The van der Waals surface area contributed by atoms with Crippen LogP contribution in [0.15, 0.2) is 30.3 Å². The van der Waals surface area contributed by atoms with Crippen LogP contribution in [0.5, 0.6) is 0 Å². The first kappa shape index (κ1) is 27.0. The molecule has 2 fully saturated rings. The Morgan fingerprint density at radius 1 is 1.11 bits per heavy atom. The number of hydrogen-bond acceptors (Lipinski definition) is 7. The minimum absolute atomic E-state index is 0.0506. The van der Waals surface area contributed by atoms with Crippen molar-refractivity contribution in [3.63, 3.8) is 0 Å². The second kappa shape index (κ2) is 10.5. The summed E-state index contributed by atoms with van der Waals surface area (Å²) >= 11 is 12.6. The quantitative estimate of drug-likeness (QED) is 0.446. The Morgan fingerprint density at radius 3 is 2.55 bits per heavy atom. The fourth-order valence-electron chi connectivity index (χ4n) is 5.32. The smallest absolute Gasteiger partial charge is 0.256 e. The number of aromatic nitrogens is 3. The summed E-state index contributed by atoms with van der Waals surface area (Å²) in [5.74, 6) is 0.499. The summed E-state index contributed by atoms with van der Waals surface area (Å²) in [6.07, 6.45) is 3.60. The number of nitrogens with zero attached hydrogens (tertiary/aromatic N) is 5. The zero-order chi connectivity index (χ0) is 27.2. The number of nitrogens with one attached hydrogen (secondary N) is 1. The van der Waals surface area contributed by atoms with Crippen LogP contribution in [0.2, 0.25) is 10.2 Å². The van der Waals surface area contributed by atoms with E-state index in [9.17, 15) is 13.2 Å². The van der Waals surface area contributed by atoms with Gasteiger partial charge >= 0.3 is 0 Å². The summed E-state index contributed by atoms with van der Waals surface area (Å²) in [7, 11) is -3.60. The lowest BCUT2D eigenvalue weighted by atomic mass is 9.98. The van der Waals surface area contributed by atoms with Gasteiger partial charge in [-0.15, -0.1) is 0 Å². The van der Waals surface area contributed by atoms with Crippen LogP contribution in [0, 0.1) is 0 Å². The number of ether oxygens (including phenoxy) is 1. The van der Waals surface area contributed by atoms with Crippen LogP contribution < -0.4 is 9.62 Å². The predicted molar refractivity (Wildman–Crippen MR) is 148 cm³/mol. The van der Waals surface area contributed by atoms with Gasteiger partial charge in [-0.2, -0.15) is 9.61 Å². The average molecular weight is 582 g/mol. The standard InChI is InChI=1S/C25H30Cl2N6O4S/c1-15-13-31(14-16(2)37-15)24-12-22(27)28-23-11-20(29-33(23)24)21-6-4-5-9-32(21)25(34)18-10-17(26)7-8-19(18)30-38(3,35)36/h7-8,10-12,15-16,21,30H,4-6,9,13-14H2,1-3H3/t15-,16+,21-/m0/s1. The Bertz CT molecular complexity index is 1470.